The fraction of sp³-hybridized carbons (Fsp3) is 0.357. The molecule has 0 saturated heterocycles. The molecule has 0 spiro atoms. The van der Waals surface area contributed by atoms with Crippen LogP contribution in [0.15, 0.2) is 34.9 Å². The first kappa shape index (κ1) is 14.1. The van der Waals surface area contributed by atoms with Gasteiger partial charge < -0.3 is 5.32 Å². The van der Waals surface area contributed by atoms with Crippen LogP contribution in [0.2, 0.25) is 0 Å². The molecule has 0 saturated carbocycles. The summed E-state index contributed by atoms with van der Waals surface area (Å²) >= 11 is 3.13. The molecule has 1 heterocycles. The van der Waals surface area contributed by atoms with Gasteiger partial charge in [-0.05, 0) is 53.5 Å². The summed E-state index contributed by atoms with van der Waals surface area (Å²) in [4.78, 5) is 0. The molecule has 0 amide bonds. The maximum atomic E-state index is 13.4. The van der Waals surface area contributed by atoms with Gasteiger partial charge in [-0.25, -0.2) is 4.39 Å². The largest absolute Gasteiger partial charge is 0.379 e. The predicted octanol–water partition coefficient (Wildman–Crippen LogP) is 4.37. The summed E-state index contributed by atoms with van der Waals surface area (Å²) in [6.07, 6.45) is 3.03. The van der Waals surface area contributed by atoms with Crippen LogP contribution >= 0.6 is 15.9 Å². The normalized spacial score (nSPS) is 12.4. The van der Waals surface area contributed by atoms with Crippen molar-refractivity contribution in [2.45, 2.75) is 32.9 Å². The molecule has 0 aliphatic carbocycles. The minimum atomic E-state index is -0.268. The Hall–Kier alpha value is -1.36. The van der Waals surface area contributed by atoms with Crippen LogP contribution < -0.4 is 5.32 Å². The molecule has 0 bridgehead atoms. The number of anilines is 1. The highest BCUT2D eigenvalue weighted by atomic mass is 79.9. The maximum absolute atomic E-state index is 13.4. The molecule has 102 valence electrons. The van der Waals surface area contributed by atoms with Crippen molar-refractivity contribution in [1.29, 1.82) is 0 Å². The molecular formula is C14H17BrFN3. The zero-order valence-electron chi connectivity index (χ0n) is 11.0. The van der Waals surface area contributed by atoms with Crippen LogP contribution in [0.1, 0.15) is 32.0 Å². The molecule has 3 nitrogen and oxygen atoms in total. The van der Waals surface area contributed by atoms with Gasteiger partial charge >= 0.3 is 0 Å². The Morgan fingerprint density at radius 3 is 2.89 bits per heavy atom. The molecule has 1 unspecified atom stereocenters. The number of hydrogen-bond acceptors (Lipinski definition) is 2. The molecular weight excluding hydrogens is 309 g/mol. The summed E-state index contributed by atoms with van der Waals surface area (Å²) in [5, 5.41) is 7.65. The topological polar surface area (TPSA) is 29.9 Å². The summed E-state index contributed by atoms with van der Waals surface area (Å²) in [7, 11) is 0. The Morgan fingerprint density at radius 2 is 2.21 bits per heavy atom. The third-order valence-electron chi connectivity index (χ3n) is 3.10. The average Bonchev–Trinajstić information content (AvgIpc) is 2.88. The van der Waals surface area contributed by atoms with Crippen molar-refractivity contribution in [2.75, 3.05) is 5.32 Å². The van der Waals surface area contributed by atoms with Crippen LogP contribution in [0.5, 0.6) is 0 Å². The number of nitrogens with one attached hydrogen (secondary N) is 1. The molecule has 1 atom stereocenters. The van der Waals surface area contributed by atoms with Crippen LogP contribution in [0.25, 0.3) is 0 Å². The lowest BCUT2D eigenvalue weighted by Crippen LogP contribution is -2.06. The number of nitrogens with zero attached hydrogens (tertiary/aromatic N) is 2. The lowest BCUT2D eigenvalue weighted by Gasteiger charge is -2.08. The van der Waals surface area contributed by atoms with E-state index in [1.807, 2.05) is 23.0 Å². The van der Waals surface area contributed by atoms with Crippen molar-refractivity contribution in [1.82, 2.24) is 9.78 Å². The minimum Gasteiger partial charge on any atom is -0.379 e. The van der Waals surface area contributed by atoms with Gasteiger partial charge in [0.2, 0.25) is 0 Å². The van der Waals surface area contributed by atoms with E-state index in [0.717, 1.165) is 17.8 Å². The second-order valence-electron chi connectivity index (χ2n) is 4.53. The summed E-state index contributed by atoms with van der Waals surface area (Å²) in [5.74, 6) is -0.268. The standard InChI is InChI=1S/C14H17BrFN3/c1-3-10(2)19-7-6-12(18-19)9-17-11-4-5-13(15)14(16)8-11/h4-8,10,17H,3,9H2,1-2H3. The predicted molar refractivity (Wildman–Crippen MR) is 78.7 cm³/mol. The monoisotopic (exact) mass is 325 g/mol. The Balaban J connectivity index is 1.98. The third-order valence-corrected chi connectivity index (χ3v) is 3.74. The van der Waals surface area contributed by atoms with E-state index in [-0.39, 0.29) is 5.82 Å². The van der Waals surface area contributed by atoms with Crippen molar-refractivity contribution in [3.05, 3.63) is 46.4 Å². The highest BCUT2D eigenvalue weighted by Gasteiger charge is 2.05. The molecule has 0 fully saturated rings. The number of rotatable bonds is 5. The van der Waals surface area contributed by atoms with Gasteiger partial charge in [-0.1, -0.05) is 6.92 Å². The number of hydrogen-bond donors (Lipinski definition) is 1. The molecule has 0 radical (unpaired) electrons. The van der Waals surface area contributed by atoms with E-state index >= 15 is 0 Å². The molecule has 0 aliphatic rings. The summed E-state index contributed by atoms with van der Waals surface area (Å²) in [6, 6.07) is 7.37. The van der Waals surface area contributed by atoms with E-state index in [0.29, 0.717) is 17.1 Å². The average molecular weight is 326 g/mol. The van der Waals surface area contributed by atoms with Gasteiger partial charge in [0.05, 0.1) is 16.7 Å². The molecule has 1 aromatic heterocycles. The molecule has 1 aromatic carbocycles. The Morgan fingerprint density at radius 1 is 1.42 bits per heavy atom. The fourth-order valence-electron chi connectivity index (χ4n) is 1.70. The maximum Gasteiger partial charge on any atom is 0.139 e. The van der Waals surface area contributed by atoms with Crippen molar-refractivity contribution < 1.29 is 4.39 Å². The van der Waals surface area contributed by atoms with Crippen molar-refractivity contribution >= 4 is 21.6 Å². The Labute approximate surface area is 121 Å². The fourth-order valence-corrected chi connectivity index (χ4v) is 1.95. The number of aromatic nitrogens is 2. The van der Waals surface area contributed by atoms with Crippen molar-refractivity contribution in [2.24, 2.45) is 0 Å². The van der Waals surface area contributed by atoms with Crippen LogP contribution in [0.4, 0.5) is 10.1 Å². The first-order valence-electron chi connectivity index (χ1n) is 6.33. The molecule has 5 heteroatoms. The SMILES string of the molecule is CCC(C)n1ccc(CNc2ccc(Br)c(F)c2)n1. The van der Waals surface area contributed by atoms with Gasteiger partial charge in [0.1, 0.15) is 5.82 Å². The summed E-state index contributed by atoms with van der Waals surface area (Å²) in [6.45, 7) is 4.85. The van der Waals surface area contributed by atoms with Gasteiger partial charge in [0.15, 0.2) is 0 Å². The van der Waals surface area contributed by atoms with Gasteiger partial charge in [-0.15, -0.1) is 0 Å². The zero-order chi connectivity index (χ0) is 13.8. The molecule has 19 heavy (non-hydrogen) atoms. The zero-order valence-corrected chi connectivity index (χ0v) is 12.6. The van der Waals surface area contributed by atoms with Crippen LogP contribution in [-0.2, 0) is 6.54 Å². The number of halogens is 2. The van der Waals surface area contributed by atoms with E-state index in [1.54, 1.807) is 6.07 Å². The molecule has 2 rings (SSSR count). The lowest BCUT2D eigenvalue weighted by atomic mass is 10.3. The van der Waals surface area contributed by atoms with Gasteiger partial charge in [0.25, 0.3) is 0 Å². The molecule has 2 aromatic rings. The highest BCUT2D eigenvalue weighted by molar-refractivity contribution is 9.10. The Kier molecular flexibility index (Phi) is 4.58. The van der Waals surface area contributed by atoms with Crippen LogP contribution in [-0.4, -0.2) is 9.78 Å². The molecule has 0 aliphatic heterocycles. The Bertz CT molecular complexity index is 553. The molecule has 1 N–H and O–H groups in total. The minimum absolute atomic E-state index is 0.268. The van der Waals surface area contributed by atoms with Crippen molar-refractivity contribution in [3.63, 3.8) is 0 Å². The second kappa shape index (κ2) is 6.19. The summed E-state index contributed by atoms with van der Waals surface area (Å²) < 4.78 is 15.8. The third kappa shape index (κ3) is 3.56. The van der Waals surface area contributed by atoms with Crippen LogP contribution in [0.3, 0.4) is 0 Å². The van der Waals surface area contributed by atoms with E-state index in [1.165, 1.54) is 6.07 Å². The van der Waals surface area contributed by atoms with Crippen molar-refractivity contribution in [3.8, 4) is 0 Å². The van der Waals surface area contributed by atoms with E-state index in [2.05, 4.69) is 40.2 Å². The first-order chi connectivity index (χ1) is 9.10. The smallest absolute Gasteiger partial charge is 0.139 e. The van der Waals surface area contributed by atoms with Crippen LogP contribution in [0, 0.1) is 5.82 Å². The van der Waals surface area contributed by atoms with Gasteiger partial charge in [0, 0.05) is 17.9 Å². The van der Waals surface area contributed by atoms with Gasteiger partial charge in [-0.3, -0.25) is 4.68 Å². The van der Waals surface area contributed by atoms with E-state index in [9.17, 15) is 4.39 Å². The first-order valence-corrected chi connectivity index (χ1v) is 7.12. The van der Waals surface area contributed by atoms with E-state index in [4.69, 9.17) is 0 Å². The lowest BCUT2D eigenvalue weighted by molar-refractivity contribution is 0.474. The number of benzene rings is 1. The highest BCUT2D eigenvalue weighted by Crippen LogP contribution is 2.19. The second-order valence-corrected chi connectivity index (χ2v) is 5.38. The quantitative estimate of drug-likeness (QED) is 0.884. The summed E-state index contributed by atoms with van der Waals surface area (Å²) in [5.41, 5.74) is 1.70. The van der Waals surface area contributed by atoms with Gasteiger partial charge in [-0.2, -0.15) is 5.10 Å². The van der Waals surface area contributed by atoms with E-state index < -0.39 is 0 Å².